The molecule has 0 radical (unpaired) electrons. The summed E-state index contributed by atoms with van der Waals surface area (Å²) in [5.74, 6) is 0.968. The zero-order chi connectivity index (χ0) is 28.4. The molecule has 4 rings (SSSR count). The number of carbonyl (C=O) groups excluding carboxylic acids is 3. The van der Waals surface area contributed by atoms with Crippen LogP contribution < -0.4 is 29.9 Å². The largest absolute Gasteiger partial charge is 0.495 e. The molecule has 39 heavy (non-hydrogen) atoms. The van der Waals surface area contributed by atoms with Gasteiger partial charge in [0.2, 0.25) is 11.9 Å². The van der Waals surface area contributed by atoms with Gasteiger partial charge in [0.15, 0.2) is 0 Å². The number of fused-ring (bicyclic) bond motifs is 1. The van der Waals surface area contributed by atoms with Crippen molar-refractivity contribution in [2.75, 3.05) is 36.4 Å². The van der Waals surface area contributed by atoms with Gasteiger partial charge < -0.3 is 20.1 Å². The second-order valence-electron chi connectivity index (χ2n) is 9.42. The first kappa shape index (κ1) is 28.4. The summed E-state index contributed by atoms with van der Waals surface area (Å²) in [5, 5.41) is 6.53. The fraction of sp³-hybridized carbons (Fsp3) is 0.423. The Morgan fingerprint density at radius 2 is 1.82 bits per heavy atom. The van der Waals surface area contributed by atoms with Crippen molar-refractivity contribution in [1.82, 2.24) is 15.3 Å². The number of benzene rings is 1. The van der Waals surface area contributed by atoms with Gasteiger partial charge in [0.05, 0.1) is 32.5 Å². The van der Waals surface area contributed by atoms with Crippen LogP contribution in [-0.2, 0) is 16.1 Å². The Bertz CT molecular complexity index is 1290. The minimum absolute atomic E-state index is 0.0925. The zero-order valence-corrected chi connectivity index (χ0v) is 23.6. The first-order chi connectivity index (χ1) is 18.6. The van der Waals surface area contributed by atoms with E-state index in [9.17, 15) is 14.4 Å². The molecule has 2 aliphatic rings. The minimum Gasteiger partial charge on any atom is -0.495 e. The van der Waals surface area contributed by atoms with Gasteiger partial charge in [-0.2, -0.15) is 4.98 Å². The Balaban J connectivity index is 1.61. The molecule has 2 N–H and O–H groups in total. The number of methoxy groups -OCH3 is 2. The number of nitrogens with zero attached hydrogens (tertiary/aromatic N) is 4. The van der Waals surface area contributed by atoms with Crippen LogP contribution in [0.25, 0.3) is 0 Å². The Hall–Kier alpha value is -3.57. The van der Waals surface area contributed by atoms with Gasteiger partial charge in [0, 0.05) is 36.8 Å². The lowest BCUT2D eigenvalue weighted by atomic mass is 9.80. The standard InChI is InChI=1S/C26H30Cl2N6O5/c1-6-20(36)30-17-9-14(13(2)35)7-8-16(17)31-25-29-11-15-12-34(26(37)33(3)24(15)32-25)23-21(27)18(38-4)10-19(39-5)22(23)28/h6,10-11,14,16-17H,1,7-9,12H2,2-5H3,(H,30,36)(H,29,31,32)/t14-,16-,17+/m1/s1. The Morgan fingerprint density at radius 3 is 2.41 bits per heavy atom. The summed E-state index contributed by atoms with van der Waals surface area (Å²) in [6.07, 6.45) is 4.63. The lowest BCUT2D eigenvalue weighted by molar-refractivity contribution is -0.123. The number of aromatic nitrogens is 2. The number of hydrogen-bond acceptors (Lipinski definition) is 8. The van der Waals surface area contributed by atoms with Crippen LogP contribution in [0.4, 0.5) is 22.2 Å². The van der Waals surface area contributed by atoms with E-state index in [4.69, 9.17) is 32.7 Å². The molecule has 11 nitrogen and oxygen atoms in total. The van der Waals surface area contributed by atoms with Crippen LogP contribution in [0.5, 0.6) is 11.5 Å². The van der Waals surface area contributed by atoms with Crippen molar-refractivity contribution in [2.45, 2.75) is 44.8 Å². The third kappa shape index (κ3) is 5.60. The highest BCUT2D eigenvalue weighted by molar-refractivity contribution is 6.42. The van der Waals surface area contributed by atoms with Crippen molar-refractivity contribution in [1.29, 1.82) is 0 Å². The van der Waals surface area contributed by atoms with Crippen LogP contribution in [0.15, 0.2) is 24.9 Å². The molecule has 1 aromatic heterocycles. The first-order valence-electron chi connectivity index (χ1n) is 12.3. The van der Waals surface area contributed by atoms with E-state index in [1.807, 2.05) is 0 Å². The Morgan fingerprint density at radius 1 is 1.15 bits per heavy atom. The SMILES string of the molecule is C=CC(=O)N[C@H]1C[C@H](C(C)=O)CC[C@H]1Nc1ncc2c(n1)N(C)C(=O)N(c1c(Cl)c(OC)cc(OC)c1Cl)C2. The zero-order valence-electron chi connectivity index (χ0n) is 22.1. The third-order valence-corrected chi connectivity index (χ3v) is 7.81. The topological polar surface area (TPSA) is 126 Å². The van der Waals surface area contributed by atoms with E-state index in [0.717, 1.165) is 0 Å². The summed E-state index contributed by atoms with van der Waals surface area (Å²) in [6, 6.07) is 0.602. The molecule has 1 aliphatic carbocycles. The fourth-order valence-corrected chi connectivity index (χ4v) is 5.65. The van der Waals surface area contributed by atoms with Gasteiger partial charge in [0.25, 0.3) is 0 Å². The number of rotatable bonds is 8. The van der Waals surface area contributed by atoms with Gasteiger partial charge in [-0.1, -0.05) is 29.8 Å². The molecular formula is C26H30Cl2N6O5. The number of urea groups is 1. The number of nitrogens with one attached hydrogen (secondary N) is 2. The van der Waals surface area contributed by atoms with Gasteiger partial charge in [-0.25, -0.2) is 9.78 Å². The molecule has 3 atom stereocenters. The molecule has 1 aromatic carbocycles. The quantitative estimate of drug-likeness (QED) is 0.447. The highest BCUT2D eigenvalue weighted by Gasteiger charge is 2.36. The predicted octanol–water partition coefficient (Wildman–Crippen LogP) is 4.22. The number of Topliss-reactive ketones (excluding diaryl/α,β-unsaturated/α-hetero) is 1. The fourth-order valence-electron chi connectivity index (χ4n) is 4.94. The highest BCUT2D eigenvalue weighted by Crippen LogP contribution is 2.47. The number of anilines is 3. The molecule has 1 aliphatic heterocycles. The van der Waals surface area contributed by atoms with E-state index < -0.39 is 6.03 Å². The van der Waals surface area contributed by atoms with E-state index in [0.29, 0.717) is 48.1 Å². The number of halogens is 2. The number of ether oxygens (including phenoxy) is 2. The van der Waals surface area contributed by atoms with Gasteiger partial charge in [-0.3, -0.25) is 19.4 Å². The minimum atomic E-state index is -0.413. The molecular weight excluding hydrogens is 547 g/mol. The monoisotopic (exact) mass is 576 g/mol. The van der Waals surface area contributed by atoms with E-state index in [1.54, 1.807) is 26.2 Å². The van der Waals surface area contributed by atoms with Gasteiger partial charge in [-0.05, 0) is 32.3 Å². The van der Waals surface area contributed by atoms with E-state index in [-0.39, 0.29) is 52.0 Å². The van der Waals surface area contributed by atoms with Crippen LogP contribution in [0, 0.1) is 5.92 Å². The molecule has 0 unspecified atom stereocenters. The Kier molecular flexibility index (Phi) is 8.51. The second kappa shape index (κ2) is 11.7. The normalized spacial score (nSPS) is 20.7. The highest BCUT2D eigenvalue weighted by atomic mass is 35.5. The van der Waals surface area contributed by atoms with Crippen molar-refractivity contribution >= 4 is 58.4 Å². The number of hydrogen-bond donors (Lipinski definition) is 2. The lowest BCUT2D eigenvalue weighted by Crippen LogP contribution is -2.51. The molecule has 3 amide bonds. The number of carbonyl (C=O) groups is 3. The van der Waals surface area contributed by atoms with E-state index in [2.05, 4.69) is 27.2 Å². The first-order valence-corrected chi connectivity index (χ1v) is 13.1. The summed E-state index contributed by atoms with van der Waals surface area (Å²) in [7, 11) is 4.51. The molecule has 1 saturated carbocycles. The van der Waals surface area contributed by atoms with Gasteiger partial charge in [-0.15, -0.1) is 0 Å². The maximum atomic E-state index is 13.5. The molecule has 13 heteroatoms. The smallest absolute Gasteiger partial charge is 0.330 e. The van der Waals surface area contributed by atoms with Crippen LogP contribution in [0.2, 0.25) is 10.0 Å². The summed E-state index contributed by atoms with van der Waals surface area (Å²) in [5.41, 5.74) is 0.913. The van der Waals surface area contributed by atoms with Crippen LogP contribution in [0.3, 0.4) is 0 Å². The maximum absolute atomic E-state index is 13.5. The average molecular weight is 577 g/mol. The van der Waals surface area contributed by atoms with Crippen molar-refractivity contribution in [3.8, 4) is 11.5 Å². The Labute approximate surface area is 236 Å². The number of ketones is 1. The summed E-state index contributed by atoms with van der Waals surface area (Å²) in [6.45, 7) is 5.19. The maximum Gasteiger partial charge on any atom is 0.330 e. The molecule has 1 fully saturated rings. The van der Waals surface area contributed by atoms with Crippen LogP contribution in [-0.4, -0.2) is 61.0 Å². The summed E-state index contributed by atoms with van der Waals surface area (Å²) >= 11 is 13.1. The lowest BCUT2D eigenvalue weighted by Gasteiger charge is -2.37. The van der Waals surface area contributed by atoms with Crippen molar-refractivity contribution in [3.63, 3.8) is 0 Å². The molecule has 0 spiro atoms. The summed E-state index contributed by atoms with van der Waals surface area (Å²) < 4.78 is 10.7. The third-order valence-electron chi connectivity index (χ3n) is 7.08. The molecule has 0 bridgehead atoms. The van der Waals surface area contributed by atoms with Gasteiger partial charge >= 0.3 is 6.03 Å². The second-order valence-corrected chi connectivity index (χ2v) is 10.2. The summed E-state index contributed by atoms with van der Waals surface area (Å²) in [4.78, 5) is 49.4. The molecule has 2 heterocycles. The predicted molar refractivity (Wildman–Crippen MR) is 149 cm³/mol. The molecule has 208 valence electrons. The molecule has 0 saturated heterocycles. The van der Waals surface area contributed by atoms with E-state index >= 15 is 0 Å². The van der Waals surface area contributed by atoms with E-state index in [1.165, 1.54) is 30.1 Å². The average Bonchev–Trinajstić information content (AvgIpc) is 2.92. The number of amides is 3. The van der Waals surface area contributed by atoms with Crippen LogP contribution >= 0.6 is 23.2 Å². The van der Waals surface area contributed by atoms with Crippen molar-refractivity contribution in [3.05, 3.63) is 40.5 Å². The van der Waals surface area contributed by atoms with Crippen molar-refractivity contribution < 1.29 is 23.9 Å². The van der Waals surface area contributed by atoms with Crippen molar-refractivity contribution in [2.24, 2.45) is 5.92 Å². The molecule has 2 aromatic rings. The van der Waals surface area contributed by atoms with Gasteiger partial charge in [0.1, 0.15) is 33.1 Å². The van der Waals surface area contributed by atoms with Crippen LogP contribution in [0.1, 0.15) is 31.7 Å².